The number of carbonyl (C=O) groups is 3. The Morgan fingerprint density at radius 1 is 1.28 bits per heavy atom. The molecule has 134 valence electrons. The van der Waals surface area contributed by atoms with Gasteiger partial charge in [0.1, 0.15) is 6.54 Å². The van der Waals surface area contributed by atoms with Crippen LogP contribution in [0.2, 0.25) is 0 Å². The van der Waals surface area contributed by atoms with Crippen LogP contribution < -0.4 is 0 Å². The molecular formula is C18H23N3O3S. The van der Waals surface area contributed by atoms with Gasteiger partial charge in [0.15, 0.2) is 0 Å². The van der Waals surface area contributed by atoms with Crippen molar-refractivity contribution >= 4 is 28.8 Å². The Morgan fingerprint density at radius 3 is 2.72 bits per heavy atom. The van der Waals surface area contributed by atoms with Crippen LogP contribution in [0.15, 0.2) is 30.3 Å². The Hall–Kier alpha value is -1.86. The monoisotopic (exact) mass is 361 g/mol. The largest absolute Gasteiger partial charge is 0.340 e. The van der Waals surface area contributed by atoms with Crippen LogP contribution in [0.4, 0.5) is 4.79 Å². The summed E-state index contributed by atoms with van der Waals surface area (Å²) in [4.78, 5) is 41.0. The number of thioether (sulfide) groups is 1. The third kappa shape index (κ3) is 4.41. The van der Waals surface area contributed by atoms with E-state index < -0.39 is 0 Å². The summed E-state index contributed by atoms with van der Waals surface area (Å²) in [6, 6.07) is 10.6. The smallest absolute Gasteiger partial charge is 0.289 e. The highest BCUT2D eigenvalue weighted by Gasteiger charge is 2.34. The second-order valence-corrected chi connectivity index (χ2v) is 7.50. The van der Waals surface area contributed by atoms with Gasteiger partial charge in [-0.2, -0.15) is 0 Å². The van der Waals surface area contributed by atoms with Gasteiger partial charge in [0, 0.05) is 25.7 Å². The zero-order chi connectivity index (χ0) is 17.8. The van der Waals surface area contributed by atoms with Crippen LogP contribution in [0, 0.1) is 0 Å². The van der Waals surface area contributed by atoms with Crippen molar-refractivity contribution in [2.45, 2.75) is 25.4 Å². The van der Waals surface area contributed by atoms with Crippen LogP contribution in [0.3, 0.4) is 0 Å². The summed E-state index contributed by atoms with van der Waals surface area (Å²) < 4.78 is 0. The molecule has 2 saturated heterocycles. The Kier molecular flexibility index (Phi) is 5.75. The second-order valence-electron chi connectivity index (χ2n) is 6.57. The lowest BCUT2D eigenvalue weighted by Gasteiger charge is -2.38. The van der Waals surface area contributed by atoms with E-state index in [1.54, 1.807) is 4.90 Å². The molecule has 0 radical (unpaired) electrons. The topological polar surface area (TPSA) is 60.9 Å². The van der Waals surface area contributed by atoms with Gasteiger partial charge in [0.2, 0.25) is 11.8 Å². The lowest BCUT2D eigenvalue weighted by molar-refractivity contribution is -0.138. The molecule has 1 unspecified atom stereocenters. The molecule has 2 heterocycles. The van der Waals surface area contributed by atoms with Gasteiger partial charge in [-0.05, 0) is 25.5 Å². The fourth-order valence-electron chi connectivity index (χ4n) is 3.31. The molecule has 2 aliphatic heterocycles. The van der Waals surface area contributed by atoms with Crippen LogP contribution in [0.1, 0.15) is 18.4 Å². The first-order valence-electron chi connectivity index (χ1n) is 8.53. The zero-order valence-electron chi connectivity index (χ0n) is 14.4. The van der Waals surface area contributed by atoms with Gasteiger partial charge in [0.05, 0.1) is 5.75 Å². The predicted octanol–water partition coefficient (Wildman–Crippen LogP) is 1.80. The summed E-state index contributed by atoms with van der Waals surface area (Å²) in [5.74, 6) is -0.255. The minimum absolute atomic E-state index is 0.125. The molecule has 0 spiro atoms. The van der Waals surface area contributed by atoms with E-state index in [1.165, 1.54) is 5.56 Å². The predicted molar refractivity (Wildman–Crippen MR) is 97.1 cm³/mol. The van der Waals surface area contributed by atoms with E-state index in [0.717, 1.165) is 36.0 Å². The van der Waals surface area contributed by atoms with Crippen LogP contribution in [0.5, 0.6) is 0 Å². The third-order valence-corrected chi connectivity index (χ3v) is 5.64. The molecule has 6 nitrogen and oxygen atoms in total. The first-order chi connectivity index (χ1) is 12.0. The molecule has 7 heteroatoms. The van der Waals surface area contributed by atoms with Crippen molar-refractivity contribution in [3.05, 3.63) is 35.9 Å². The van der Waals surface area contributed by atoms with Crippen molar-refractivity contribution in [3.8, 4) is 0 Å². The van der Waals surface area contributed by atoms with Crippen molar-refractivity contribution in [2.24, 2.45) is 0 Å². The first-order valence-corrected chi connectivity index (χ1v) is 9.52. The third-order valence-electron chi connectivity index (χ3n) is 4.78. The van der Waals surface area contributed by atoms with E-state index in [4.69, 9.17) is 0 Å². The number of imide groups is 1. The van der Waals surface area contributed by atoms with Crippen molar-refractivity contribution < 1.29 is 14.4 Å². The molecule has 0 aliphatic carbocycles. The Bertz CT molecular complexity index is 636. The van der Waals surface area contributed by atoms with Gasteiger partial charge in [-0.25, -0.2) is 0 Å². The summed E-state index contributed by atoms with van der Waals surface area (Å²) in [6.45, 7) is 2.05. The molecule has 0 bridgehead atoms. The Labute approximate surface area is 152 Å². The highest BCUT2D eigenvalue weighted by atomic mass is 32.2. The summed E-state index contributed by atoms with van der Waals surface area (Å²) in [5, 5.41) is -0.312. The van der Waals surface area contributed by atoms with Gasteiger partial charge in [-0.15, -0.1) is 0 Å². The second kappa shape index (κ2) is 8.01. The van der Waals surface area contributed by atoms with Gasteiger partial charge in [-0.1, -0.05) is 42.1 Å². The van der Waals surface area contributed by atoms with E-state index in [1.807, 2.05) is 18.2 Å². The number of likely N-dealkylation sites (N-methyl/N-ethyl adjacent to an activating group) is 1. The number of carbonyl (C=O) groups excluding carboxylic acids is 3. The van der Waals surface area contributed by atoms with Crippen LogP contribution >= 0.6 is 11.8 Å². The highest BCUT2D eigenvalue weighted by molar-refractivity contribution is 8.14. The van der Waals surface area contributed by atoms with Crippen LogP contribution in [-0.2, 0) is 16.1 Å². The van der Waals surface area contributed by atoms with Crippen molar-refractivity contribution in [3.63, 3.8) is 0 Å². The number of hydrogen-bond donors (Lipinski definition) is 0. The first kappa shape index (κ1) is 17.9. The van der Waals surface area contributed by atoms with E-state index in [9.17, 15) is 14.4 Å². The summed E-state index contributed by atoms with van der Waals surface area (Å²) in [6.07, 6.45) is 1.98. The maximum atomic E-state index is 12.5. The van der Waals surface area contributed by atoms with E-state index in [0.29, 0.717) is 13.1 Å². The molecule has 2 fully saturated rings. The number of piperidine rings is 1. The average Bonchev–Trinajstić information content (AvgIpc) is 2.94. The van der Waals surface area contributed by atoms with Crippen molar-refractivity contribution in [1.29, 1.82) is 0 Å². The van der Waals surface area contributed by atoms with Crippen molar-refractivity contribution in [2.75, 3.05) is 32.4 Å². The normalized spacial score (nSPS) is 21.3. The minimum atomic E-state index is -0.312. The lowest BCUT2D eigenvalue weighted by Crippen LogP contribution is -2.51. The standard InChI is InChI=1S/C18H23N3O3S/c1-19(10-14-6-3-2-4-7-14)15-8-5-9-20(11-15)16(22)12-21-17(23)13-25-18(21)24/h2-4,6-7,15H,5,8-13H2,1H3. The Balaban J connectivity index is 1.56. The molecule has 0 saturated carbocycles. The molecule has 3 amide bonds. The van der Waals surface area contributed by atoms with Crippen molar-refractivity contribution in [1.82, 2.24) is 14.7 Å². The number of amides is 3. The van der Waals surface area contributed by atoms with Crippen LogP contribution in [-0.4, -0.2) is 70.2 Å². The SMILES string of the molecule is CN(Cc1ccccc1)C1CCCN(C(=O)CN2C(=O)CSC2=O)C1. The molecule has 0 aromatic heterocycles. The number of likely N-dealkylation sites (tertiary alicyclic amines) is 1. The fraction of sp³-hybridized carbons (Fsp3) is 0.500. The summed E-state index contributed by atoms with van der Waals surface area (Å²) in [7, 11) is 2.08. The number of nitrogens with zero attached hydrogens (tertiary/aromatic N) is 3. The molecule has 0 N–H and O–H groups in total. The molecule has 2 aliphatic rings. The van der Waals surface area contributed by atoms with Gasteiger partial charge in [-0.3, -0.25) is 24.2 Å². The fourth-order valence-corrected chi connectivity index (χ4v) is 4.04. The molecule has 1 aromatic rings. The molecule has 1 atom stereocenters. The summed E-state index contributed by atoms with van der Waals surface area (Å²) in [5.41, 5.74) is 1.25. The maximum absolute atomic E-state index is 12.5. The van der Waals surface area contributed by atoms with E-state index in [2.05, 4.69) is 24.1 Å². The van der Waals surface area contributed by atoms with E-state index in [-0.39, 0.29) is 35.4 Å². The minimum Gasteiger partial charge on any atom is -0.340 e. The van der Waals surface area contributed by atoms with Gasteiger partial charge >= 0.3 is 0 Å². The summed E-state index contributed by atoms with van der Waals surface area (Å²) >= 11 is 0.967. The zero-order valence-corrected chi connectivity index (χ0v) is 15.2. The van der Waals surface area contributed by atoms with Gasteiger partial charge in [0.25, 0.3) is 5.24 Å². The highest BCUT2D eigenvalue weighted by Crippen LogP contribution is 2.21. The number of rotatable bonds is 5. The average molecular weight is 361 g/mol. The molecule has 25 heavy (non-hydrogen) atoms. The van der Waals surface area contributed by atoms with Gasteiger partial charge < -0.3 is 4.90 Å². The lowest BCUT2D eigenvalue weighted by atomic mass is 10.0. The molecule has 1 aromatic carbocycles. The van der Waals surface area contributed by atoms with E-state index >= 15 is 0 Å². The molecule has 3 rings (SSSR count). The number of hydrogen-bond acceptors (Lipinski definition) is 5. The number of benzene rings is 1. The molecular weight excluding hydrogens is 338 g/mol. The Morgan fingerprint density at radius 2 is 2.04 bits per heavy atom. The maximum Gasteiger partial charge on any atom is 0.289 e. The van der Waals surface area contributed by atoms with Crippen LogP contribution in [0.25, 0.3) is 0 Å². The quantitative estimate of drug-likeness (QED) is 0.800.